The molecule has 45 heavy (non-hydrogen) atoms. The Morgan fingerprint density at radius 1 is 1.11 bits per heavy atom. The van der Waals surface area contributed by atoms with E-state index in [1.165, 1.54) is 0 Å². The minimum absolute atomic E-state index is 0.0173. The third-order valence-electron chi connectivity index (χ3n) is 10.0. The Hall–Kier alpha value is -3.36. The summed E-state index contributed by atoms with van der Waals surface area (Å²) in [5, 5.41) is 10.8. The lowest BCUT2D eigenvalue weighted by atomic mass is 9.65. The van der Waals surface area contributed by atoms with E-state index in [1.54, 1.807) is 33.7 Å². The zero-order valence-electron chi connectivity index (χ0n) is 27.0. The van der Waals surface area contributed by atoms with Crippen molar-refractivity contribution in [3.8, 4) is 0 Å². The molecule has 8 heteroatoms. The Morgan fingerprint density at radius 3 is 2.47 bits per heavy atom. The lowest BCUT2D eigenvalue weighted by Crippen LogP contribution is -2.60. The van der Waals surface area contributed by atoms with Gasteiger partial charge < -0.3 is 19.8 Å². The first-order chi connectivity index (χ1) is 21.6. The molecule has 3 fully saturated rings. The number of nitrogens with zero attached hydrogens (tertiary/aromatic N) is 3. The highest BCUT2D eigenvalue weighted by Gasteiger charge is 2.77. The van der Waals surface area contributed by atoms with E-state index in [0.29, 0.717) is 19.5 Å². The minimum atomic E-state index is -0.849. The van der Waals surface area contributed by atoms with Crippen LogP contribution in [0.1, 0.15) is 43.4 Å². The molecule has 7 nitrogen and oxygen atoms in total. The van der Waals surface area contributed by atoms with Gasteiger partial charge in [0.2, 0.25) is 11.8 Å². The van der Waals surface area contributed by atoms with Crippen LogP contribution in [0.4, 0.5) is 5.69 Å². The molecule has 1 spiro atoms. The zero-order valence-corrected chi connectivity index (χ0v) is 27.8. The quantitative estimate of drug-likeness (QED) is 0.309. The predicted octanol–water partition coefficient (Wildman–Crippen LogP) is 5.19. The van der Waals surface area contributed by atoms with Gasteiger partial charge in [-0.05, 0) is 61.8 Å². The average molecular weight is 630 g/mol. The maximum atomic E-state index is 15.2. The molecule has 0 saturated carbocycles. The Bertz CT molecular complexity index is 1450. The molecule has 3 saturated heterocycles. The number of hydrogen-bond acceptors (Lipinski definition) is 5. The molecule has 3 amide bonds. The summed E-state index contributed by atoms with van der Waals surface area (Å²) in [4.78, 5) is 49.7. The third kappa shape index (κ3) is 5.65. The summed E-state index contributed by atoms with van der Waals surface area (Å²) >= 11 is 1.67. The van der Waals surface area contributed by atoms with E-state index in [2.05, 4.69) is 20.1 Å². The zero-order chi connectivity index (χ0) is 32.5. The van der Waals surface area contributed by atoms with Gasteiger partial charge in [0.15, 0.2) is 0 Å². The summed E-state index contributed by atoms with van der Waals surface area (Å²) in [7, 11) is 0. The molecule has 0 aliphatic carbocycles. The maximum absolute atomic E-state index is 15.2. The van der Waals surface area contributed by atoms with Crippen molar-refractivity contribution < 1.29 is 19.5 Å². The molecular weight excluding hydrogens is 582 g/mol. The molecule has 3 heterocycles. The van der Waals surface area contributed by atoms with E-state index in [9.17, 15) is 14.7 Å². The summed E-state index contributed by atoms with van der Waals surface area (Å²) in [6.45, 7) is 17.0. The molecule has 3 aliphatic rings. The van der Waals surface area contributed by atoms with Crippen LogP contribution in [-0.4, -0.2) is 80.9 Å². The SMILES string of the molecule is C=CCN(CCC)C(=O)[C@@H]1[C@H]2C(=O)N([C@@H](CO)Cc3ccccc3)C(C(=O)N(CC=C)c3cc(C)ccc3C)C23S[C@@H]1CC3C. The van der Waals surface area contributed by atoms with Crippen LogP contribution in [-0.2, 0) is 20.8 Å². The van der Waals surface area contributed by atoms with Crippen molar-refractivity contribution in [1.29, 1.82) is 0 Å². The van der Waals surface area contributed by atoms with Gasteiger partial charge in [0.25, 0.3) is 5.91 Å². The van der Waals surface area contributed by atoms with Gasteiger partial charge in [-0.1, -0.05) is 68.5 Å². The number of anilines is 1. The molecule has 2 aromatic rings. The van der Waals surface area contributed by atoms with Crippen molar-refractivity contribution in [3.05, 3.63) is 90.5 Å². The molecule has 7 atom stereocenters. The Morgan fingerprint density at radius 2 is 1.82 bits per heavy atom. The van der Waals surface area contributed by atoms with Crippen LogP contribution in [0.2, 0.25) is 0 Å². The van der Waals surface area contributed by atoms with E-state index in [0.717, 1.165) is 35.2 Å². The molecule has 3 unspecified atom stereocenters. The number of benzene rings is 2. The molecule has 3 aliphatic heterocycles. The van der Waals surface area contributed by atoms with Gasteiger partial charge >= 0.3 is 0 Å². The topological polar surface area (TPSA) is 81.2 Å². The summed E-state index contributed by atoms with van der Waals surface area (Å²) < 4.78 is -0.799. The maximum Gasteiger partial charge on any atom is 0.251 e. The largest absolute Gasteiger partial charge is 0.394 e. The average Bonchev–Trinajstić information content (AvgIpc) is 3.63. The van der Waals surface area contributed by atoms with Crippen molar-refractivity contribution in [2.45, 2.75) is 69.0 Å². The van der Waals surface area contributed by atoms with Crippen molar-refractivity contribution >= 4 is 35.2 Å². The summed E-state index contributed by atoms with van der Waals surface area (Å²) in [6.07, 6.45) is 5.41. The fourth-order valence-electron chi connectivity index (χ4n) is 8.07. The summed E-state index contributed by atoms with van der Waals surface area (Å²) in [5.41, 5.74) is 3.74. The number of amides is 3. The standard InChI is InChI=1S/C37H47N3O4S/c1-7-17-38(18-8-2)34(42)31-30-21-26(6)37(45-30)32(31)35(43)40(28(23-41)22-27-13-11-10-12-14-27)33(37)36(44)39(19-9-3)29-20-24(4)15-16-25(29)5/h7,9-16,20,26,28,30-33,41H,1,3,8,17-19,21-23H2,2,4-6H3/t26?,28-,30-,31+,32+,33?,37?/m1/s1. The van der Waals surface area contributed by atoms with Crippen LogP contribution in [0.3, 0.4) is 0 Å². The van der Waals surface area contributed by atoms with Crippen molar-refractivity contribution in [3.63, 3.8) is 0 Å². The van der Waals surface area contributed by atoms with E-state index >= 15 is 4.79 Å². The number of rotatable bonds is 13. The highest BCUT2D eigenvalue weighted by molar-refractivity contribution is 8.02. The van der Waals surface area contributed by atoms with E-state index in [1.807, 2.05) is 74.2 Å². The predicted molar refractivity (Wildman–Crippen MR) is 182 cm³/mol. The van der Waals surface area contributed by atoms with Gasteiger partial charge in [0.05, 0.1) is 29.2 Å². The number of aliphatic hydroxyl groups is 1. The fraction of sp³-hybridized carbons (Fsp3) is 0.486. The van der Waals surface area contributed by atoms with Gasteiger partial charge in [-0.3, -0.25) is 14.4 Å². The van der Waals surface area contributed by atoms with E-state index < -0.39 is 28.7 Å². The Balaban J connectivity index is 1.66. The van der Waals surface area contributed by atoms with Gasteiger partial charge in [-0.25, -0.2) is 0 Å². The second-order valence-corrected chi connectivity index (χ2v) is 14.5. The third-order valence-corrected chi connectivity index (χ3v) is 12.1. The van der Waals surface area contributed by atoms with Crippen LogP contribution >= 0.6 is 11.8 Å². The number of hydrogen-bond donors (Lipinski definition) is 1. The Kier molecular flexibility index (Phi) is 9.94. The molecule has 0 radical (unpaired) electrons. The van der Waals surface area contributed by atoms with Crippen LogP contribution < -0.4 is 4.90 Å². The van der Waals surface area contributed by atoms with Crippen LogP contribution in [0.15, 0.2) is 73.8 Å². The number of thioether (sulfide) groups is 1. The Labute approximate surface area is 272 Å². The van der Waals surface area contributed by atoms with E-state index in [4.69, 9.17) is 0 Å². The lowest BCUT2D eigenvalue weighted by Gasteiger charge is -2.42. The first-order valence-electron chi connectivity index (χ1n) is 16.2. The number of aliphatic hydroxyl groups excluding tert-OH is 1. The monoisotopic (exact) mass is 629 g/mol. The second-order valence-electron chi connectivity index (χ2n) is 12.9. The first kappa shape index (κ1) is 33.0. The van der Waals surface area contributed by atoms with Gasteiger partial charge in [-0.2, -0.15) is 0 Å². The molecule has 2 aromatic carbocycles. The molecule has 2 bridgehead atoms. The van der Waals surface area contributed by atoms with Crippen LogP contribution in [0.5, 0.6) is 0 Å². The highest BCUT2D eigenvalue weighted by atomic mass is 32.2. The number of likely N-dealkylation sites (tertiary alicyclic amines) is 1. The number of aryl methyl sites for hydroxylation is 2. The fourth-order valence-corrected chi connectivity index (χ4v) is 10.5. The number of carbonyl (C=O) groups excluding carboxylic acids is 3. The van der Waals surface area contributed by atoms with Crippen LogP contribution in [0.25, 0.3) is 0 Å². The van der Waals surface area contributed by atoms with E-state index in [-0.39, 0.29) is 42.0 Å². The highest BCUT2D eigenvalue weighted by Crippen LogP contribution is 2.69. The lowest BCUT2D eigenvalue weighted by molar-refractivity contribution is -0.145. The molecule has 0 aromatic heterocycles. The number of fused-ring (bicyclic) bond motifs is 1. The molecular formula is C37H47N3O4S. The van der Waals surface area contributed by atoms with Crippen molar-refractivity contribution in [2.24, 2.45) is 17.8 Å². The second kappa shape index (κ2) is 13.6. The van der Waals surface area contributed by atoms with Crippen molar-refractivity contribution in [1.82, 2.24) is 9.80 Å². The van der Waals surface area contributed by atoms with Crippen LogP contribution in [0, 0.1) is 31.6 Å². The molecule has 5 rings (SSSR count). The summed E-state index contributed by atoms with van der Waals surface area (Å²) in [6, 6.07) is 14.3. The molecule has 1 N–H and O–H groups in total. The van der Waals surface area contributed by atoms with Crippen molar-refractivity contribution in [2.75, 3.05) is 31.1 Å². The number of carbonyl (C=O) groups is 3. The minimum Gasteiger partial charge on any atom is -0.394 e. The van der Waals surface area contributed by atoms with Gasteiger partial charge in [0, 0.05) is 30.6 Å². The summed E-state index contributed by atoms with van der Waals surface area (Å²) in [5.74, 6) is -1.58. The van der Waals surface area contributed by atoms with Gasteiger partial charge in [-0.15, -0.1) is 24.9 Å². The smallest absolute Gasteiger partial charge is 0.251 e. The van der Waals surface area contributed by atoms with Gasteiger partial charge in [0.1, 0.15) is 6.04 Å². The first-order valence-corrected chi connectivity index (χ1v) is 17.1. The molecule has 240 valence electrons. The normalized spacial score (nSPS) is 27.3.